The zero-order chi connectivity index (χ0) is 14.8. The lowest BCUT2D eigenvalue weighted by atomic mass is 9.90. The molecular formula is C13H21N3O3S. The van der Waals surface area contributed by atoms with Crippen LogP contribution >= 0.6 is 11.3 Å². The van der Waals surface area contributed by atoms with Gasteiger partial charge in [-0.1, -0.05) is 0 Å². The number of piperazine rings is 1. The van der Waals surface area contributed by atoms with Gasteiger partial charge in [-0.3, -0.25) is 9.69 Å². The van der Waals surface area contributed by atoms with Crippen LogP contribution in [0.5, 0.6) is 0 Å². The lowest BCUT2D eigenvalue weighted by Gasteiger charge is -2.34. The van der Waals surface area contributed by atoms with Crippen molar-refractivity contribution in [2.24, 2.45) is 0 Å². The van der Waals surface area contributed by atoms with E-state index >= 15 is 0 Å². The predicted octanol–water partition coefficient (Wildman–Crippen LogP) is 0.620. The summed E-state index contributed by atoms with van der Waals surface area (Å²) in [6.45, 7) is 7.77. The zero-order valence-corrected chi connectivity index (χ0v) is 12.7. The van der Waals surface area contributed by atoms with Crippen LogP contribution in [0.25, 0.3) is 0 Å². The number of β-amino-alcohol motifs (C(OH)–C–C–N with tert-alkyl or cyclic N) is 1. The van der Waals surface area contributed by atoms with Gasteiger partial charge in [0.15, 0.2) is 5.13 Å². The Hall–Kier alpha value is -1.18. The lowest BCUT2D eigenvalue weighted by molar-refractivity contribution is -0.142. The fourth-order valence-corrected chi connectivity index (χ4v) is 3.16. The number of aromatic nitrogens is 1. The first-order chi connectivity index (χ1) is 9.45. The number of aliphatic carboxylic acids is 1. The molecule has 20 heavy (non-hydrogen) atoms. The van der Waals surface area contributed by atoms with Gasteiger partial charge in [-0.05, 0) is 13.8 Å². The number of hydrogen-bond acceptors (Lipinski definition) is 6. The molecule has 112 valence electrons. The minimum Gasteiger partial charge on any atom is -0.481 e. The second-order valence-corrected chi connectivity index (χ2v) is 6.33. The molecule has 0 aromatic carbocycles. The summed E-state index contributed by atoms with van der Waals surface area (Å²) in [4.78, 5) is 20.1. The van der Waals surface area contributed by atoms with Crippen LogP contribution in [0.2, 0.25) is 0 Å². The van der Waals surface area contributed by atoms with Gasteiger partial charge in [-0.25, -0.2) is 4.98 Å². The summed E-state index contributed by atoms with van der Waals surface area (Å²) in [5.74, 6) is -0.859. The highest BCUT2D eigenvalue weighted by Gasteiger charge is 2.33. The van der Waals surface area contributed by atoms with Crippen LogP contribution < -0.4 is 4.90 Å². The Labute approximate surface area is 122 Å². The van der Waals surface area contributed by atoms with Gasteiger partial charge in [-0.2, -0.15) is 0 Å². The van der Waals surface area contributed by atoms with Crippen LogP contribution in [-0.4, -0.2) is 65.4 Å². The third-order valence-corrected chi connectivity index (χ3v) is 4.63. The molecule has 6 nitrogen and oxygen atoms in total. The van der Waals surface area contributed by atoms with Crippen molar-refractivity contribution in [1.82, 2.24) is 9.88 Å². The van der Waals surface area contributed by atoms with Gasteiger partial charge in [0.1, 0.15) is 5.41 Å². The zero-order valence-electron chi connectivity index (χ0n) is 11.9. The van der Waals surface area contributed by atoms with Crippen molar-refractivity contribution in [2.45, 2.75) is 19.3 Å². The van der Waals surface area contributed by atoms with Gasteiger partial charge in [0.25, 0.3) is 0 Å². The minimum absolute atomic E-state index is 0.189. The molecule has 1 fully saturated rings. The van der Waals surface area contributed by atoms with E-state index in [2.05, 4.69) is 14.8 Å². The Morgan fingerprint density at radius 1 is 1.40 bits per heavy atom. The van der Waals surface area contributed by atoms with E-state index in [0.717, 1.165) is 31.3 Å². The van der Waals surface area contributed by atoms with E-state index in [4.69, 9.17) is 5.11 Å². The molecule has 1 saturated heterocycles. The summed E-state index contributed by atoms with van der Waals surface area (Å²) in [5.41, 5.74) is -0.337. The number of aliphatic hydroxyl groups is 1. The number of carboxylic acids is 1. The van der Waals surface area contributed by atoms with Gasteiger partial charge in [0.05, 0.1) is 12.3 Å². The highest BCUT2D eigenvalue weighted by Crippen LogP contribution is 2.29. The van der Waals surface area contributed by atoms with Crippen molar-refractivity contribution < 1.29 is 15.0 Å². The number of carboxylic acid groups (broad SMARTS) is 1. The molecule has 1 aromatic rings. The van der Waals surface area contributed by atoms with Crippen LogP contribution in [-0.2, 0) is 10.2 Å². The topological polar surface area (TPSA) is 76.9 Å². The van der Waals surface area contributed by atoms with Crippen LogP contribution in [0.4, 0.5) is 5.13 Å². The van der Waals surface area contributed by atoms with Crippen molar-refractivity contribution in [3.8, 4) is 0 Å². The predicted molar refractivity (Wildman–Crippen MR) is 78.5 cm³/mol. The van der Waals surface area contributed by atoms with E-state index in [1.165, 1.54) is 11.3 Å². The monoisotopic (exact) mass is 299 g/mol. The summed E-state index contributed by atoms with van der Waals surface area (Å²) >= 11 is 1.50. The molecule has 0 spiro atoms. The third kappa shape index (κ3) is 3.11. The average Bonchev–Trinajstić information content (AvgIpc) is 2.90. The first kappa shape index (κ1) is 15.2. The van der Waals surface area contributed by atoms with Crippen molar-refractivity contribution in [3.05, 3.63) is 11.1 Å². The molecule has 1 aliphatic heterocycles. The molecule has 0 amide bonds. The first-order valence-corrected chi connectivity index (χ1v) is 7.60. The van der Waals surface area contributed by atoms with Gasteiger partial charge in [-0.15, -0.1) is 11.3 Å². The normalized spacial score (nSPS) is 17.4. The van der Waals surface area contributed by atoms with Gasteiger partial charge < -0.3 is 15.1 Å². The largest absolute Gasteiger partial charge is 0.481 e. The van der Waals surface area contributed by atoms with Gasteiger partial charge in [0, 0.05) is 38.1 Å². The van der Waals surface area contributed by atoms with Crippen molar-refractivity contribution in [1.29, 1.82) is 0 Å². The standard InChI is InChI=1S/C13H21N3O3S/c1-13(2,11(18)19)10-9-20-12(14-10)16-5-3-15(4-6-16)7-8-17/h9,17H,3-8H2,1-2H3,(H,18,19). The van der Waals surface area contributed by atoms with Gasteiger partial charge >= 0.3 is 5.97 Å². The number of thiazole rings is 1. The molecule has 2 heterocycles. The summed E-state index contributed by atoms with van der Waals surface area (Å²) in [6.07, 6.45) is 0. The van der Waals surface area contributed by atoms with E-state index in [1.54, 1.807) is 13.8 Å². The molecule has 0 aliphatic carbocycles. The molecule has 0 atom stereocenters. The Morgan fingerprint density at radius 2 is 2.05 bits per heavy atom. The average molecular weight is 299 g/mol. The molecule has 7 heteroatoms. The number of hydrogen-bond donors (Lipinski definition) is 2. The number of aliphatic hydroxyl groups excluding tert-OH is 1. The molecule has 2 rings (SSSR count). The second kappa shape index (κ2) is 6.07. The Balaban J connectivity index is 2.02. The van der Waals surface area contributed by atoms with E-state index in [-0.39, 0.29) is 6.61 Å². The number of nitrogens with zero attached hydrogens (tertiary/aromatic N) is 3. The molecule has 1 aromatic heterocycles. The van der Waals surface area contributed by atoms with E-state index in [1.807, 2.05) is 5.38 Å². The summed E-state index contributed by atoms with van der Waals surface area (Å²) < 4.78 is 0. The van der Waals surface area contributed by atoms with Crippen LogP contribution in [0.3, 0.4) is 0 Å². The molecule has 1 aliphatic rings. The van der Waals surface area contributed by atoms with Crippen molar-refractivity contribution >= 4 is 22.4 Å². The molecule has 0 saturated carbocycles. The van der Waals surface area contributed by atoms with Crippen LogP contribution in [0, 0.1) is 0 Å². The summed E-state index contributed by atoms with van der Waals surface area (Å²) in [5, 5.41) is 20.9. The molecule has 0 unspecified atom stereocenters. The summed E-state index contributed by atoms with van der Waals surface area (Å²) in [6, 6.07) is 0. The van der Waals surface area contributed by atoms with Crippen molar-refractivity contribution in [3.63, 3.8) is 0 Å². The number of rotatable bonds is 5. The molecular weight excluding hydrogens is 278 g/mol. The highest BCUT2D eigenvalue weighted by atomic mass is 32.1. The maximum absolute atomic E-state index is 11.2. The fourth-order valence-electron chi connectivity index (χ4n) is 2.11. The minimum atomic E-state index is -0.951. The van der Waals surface area contributed by atoms with E-state index < -0.39 is 11.4 Å². The van der Waals surface area contributed by atoms with Crippen LogP contribution in [0.15, 0.2) is 5.38 Å². The quantitative estimate of drug-likeness (QED) is 0.830. The third-order valence-electron chi connectivity index (χ3n) is 3.73. The molecule has 2 N–H and O–H groups in total. The summed E-state index contributed by atoms with van der Waals surface area (Å²) in [7, 11) is 0. The number of anilines is 1. The Morgan fingerprint density at radius 3 is 2.60 bits per heavy atom. The van der Waals surface area contributed by atoms with Crippen LogP contribution in [0.1, 0.15) is 19.5 Å². The maximum Gasteiger partial charge on any atom is 0.315 e. The van der Waals surface area contributed by atoms with Gasteiger partial charge in [0.2, 0.25) is 0 Å². The molecule has 0 bridgehead atoms. The first-order valence-electron chi connectivity index (χ1n) is 6.72. The van der Waals surface area contributed by atoms with E-state index in [9.17, 15) is 9.90 Å². The molecule has 0 radical (unpaired) electrons. The highest BCUT2D eigenvalue weighted by molar-refractivity contribution is 7.13. The lowest BCUT2D eigenvalue weighted by Crippen LogP contribution is -2.47. The maximum atomic E-state index is 11.2. The van der Waals surface area contributed by atoms with E-state index in [0.29, 0.717) is 12.2 Å². The number of carbonyl (C=O) groups is 1. The Kier molecular flexibility index (Phi) is 4.62. The van der Waals surface area contributed by atoms with Crippen molar-refractivity contribution in [2.75, 3.05) is 44.2 Å². The SMILES string of the molecule is CC(C)(C(=O)O)c1csc(N2CCN(CCO)CC2)n1. The smallest absolute Gasteiger partial charge is 0.315 e. The Bertz CT molecular complexity index is 467. The fraction of sp³-hybridized carbons (Fsp3) is 0.692. The second-order valence-electron chi connectivity index (χ2n) is 5.50.